The van der Waals surface area contributed by atoms with E-state index in [4.69, 9.17) is 0 Å². The second kappa shape index (κ2) is 3.92. The quantitative estimate of drug-likeness (QED) is 0.892. The van der Waals surface area contributed by atoms with Crippen molar-refractivity contribution >= 4 is 32.7 Å². The summed E-state index contributed by atoms with van der Waals surface area (Å²) in [7, 11) is 0. The van der Waals surface area contributed by atoms with Crippen LogP contribution in [0.4, 0.5) is 5.69 Å². The summed E-state index contributed by atoms with van der Waals surface area (Å²) in [6, 6.07) is 3.90. The average molecular weight is 252 g/mol. The Morgan fingerprint density at radius 2 is 2.29 bits per heavy atom. The standard InChI is InChI=1S/C10H10BrN3/c1-2-12-8-3-4-13-9-5-7(11)6-14-10(8)9/h3-6H,2H2,1H3,(H,12,13). The summed E-state index contributed by atoms with van der Waals surface area (Å²) in [5.41, 5.74) is 2.85. The molecule has 0 unspecified atom stereocenters. The molecule has 72 valence electrons. The third kappa shape index (κ3) is 1.70. The molecule has 2 rings (SSSR count). The smallest absolute Gasteiger partial charge is 0.112 e. The lowest BCUT2D eigenvalue weighted by Gasteiger charge is -2.05. The van der Waals surface area contributed by atoms with Crippen LogP contribution < -0.4 is 5.32 Å². The third-order valence-electron chi connectivity index (χ3n) is 1.91. The average Bonchev–Trinajstić information content (AvgIpc) is 2.18. The predicted octanol–water partition coefficient (Wildman–Crippen LogP) is 2.82. The van der Waals surface area contributed by atoms with Crippen LogP contribution >= 0.6 is 15.9 Å². The Bertz CT molecular complexity index is 456. The van der Waals surface area contributed by atoms with Gasteiger partial charge in [0, 0.05) is 23.4 Å². The van der Waals surface area contributed by atoms with E-state index in [9.17, 15) is 0 Å². The lowest BCUT2D eigenvalue weighted by atomic mass is 10.3. The molecule has 0 aromatic carbocycles. The second-order valence-corrected chi connectivity index (χ2v) is 3.83. The first kappa shape index (κ1) is 9.40. The van der Waals surface area contributed by atoms with Gasteiger partial charge in [0.1, 0.15) is 5.52 Å². The van der Waals surface area contributed by atoms with Crippen LogP contribution in [0.3, 0.4) is 0 Å². The predicted molar refractivity (Wildman–Crippen MR) is 61.4 cm³/mol. The number of pyridine rings is 2. The Morgan fingerprint density at radius 1 is 1.43 bits per heavy atom. The van der Waals surface area contributed by atoms with Gasteiger partial charge in [0.2, 0.25) is 0 Å². The van der Waals surface area contributed by atoms with Crippen molar-refractivity contribution in [3.05, 3.63) is 29.0 Å². The van der Waals surface area contributed by atoms with Gasteiger partial charge >= 0.3 is 0 Å². The fourth-order valence-electron chi connectivity index (χ4n) is 1.34. The van der Waals surface area contributed by atoms with Crippen LogP contribution in [0.15, 0.2) is 29.0 Å². The highest BCUT2D eigenvalue weighted by molar-refractivity contribution is 9.10. The first-order valence-corrected chi connectivity index (χ1v) is 5.24. The van der Waals surface area contributed by atoms with E-state index < -0.39 is 0 Å². The van der Waals surface area contributed by atoms with E-state index in [1.807, 2.05) is 12.1 Å². The summed E-state index contributed by atoms with van der Waals surface area (Å²) in [6.45, 7) is 2.95. The maximum Gasteiger partial charge on any atom is 0.112 e. The lowest BCUT2D eigenvalue weighted by molar-refractivity contribution is 1.20. The number of nitrogens with zero attached hydrogens (tertiary/aromatic N) is 2. The summed E-state index contributed by atoms with van der Waals surface area (Å²) < 4.78 is 0.950. The molecule has 0 amide bonds. The summed E-state index contributed by atoms with van der Waals surface area (Å²) in [5.74, 6) is 0. The molecule has 4 heteroatoms. The number of rotatable bonds is 2. The van der Waals surface area contributed by atoms with E-state index in [1.54, 1.807) is 12.4 Å². The highest BCUT2D eigenvalue weighted by Gasteiger charge is 2.02. The van der Waals surface area contributed by atoms with Crippen molar-refractivity contribution in [1.29, 1.82) is 0 Å². The van der Waals surface area contributed by atoms with Crippen molar-refractivity contribution in [2.45, 2.75) is 6.92 Å². The number of fused-ring (bicyclic) bond motifs is 1. The molecule has 0 aliphatic carbocycles. The maximum absolute atomic E-state index is 4.33. The van der Waals surface area contributed by atoms with Gasteiger partial charge in [0.05, 0.1) is 11.2 Å². The molecular formula is C10H10BrN3. The number of nitrogens with one attached hydrogen (secondary N) is 1. The maximum atomic E-state index is 4.33. The highest BCUT2D eigenvalue weighted by Crippen LogP contribution is 2.21. The fourth-order valence-corrected chi connectivity index (χ4v) is 1.66. The van der Waals surface area contributed by atoms with E-state index >= 15 is 0 Å². The summed E-state index contributed by atoms with van der Waals surface area (Å²) in [6.07, 6.45) is 3.57. The fraction of sp³-hybridized carbons (Fsp3) is 0.200. The molecule has 0 spiro atoms. The molecule has 0 radical (unpaired) electrons. The van der Waals surface area contributed by atoms with Gasteiger partial charge < -0.3 is 5.32 Å². The van der Waals surface area contributed by atoms with Crippen LogP contribution in [-0.2, 0) is 0 Å². The van der Waals surface area contributed by atoms with Gasteiger partial charge in [0.15, 0.2) is 0 Å². The van der Waals surface area contributed by atoms with Gasteiger partial charge in [-0.3, -0.25) is 9.97 Å². The van der Waals surface area contributed by atoms with Crippen LogP contribution in [0, 0.1) is 0 Å². The first-order chi connectivity index (χ1) is 6.81. The molecule has 3 nitrogen and oxygen atoms in total. The van der Waals surface area contributed by atoms with Gasteiger partial charge in [-0.05, 0) is 35.0 Å². The van der Waals surface area contributed by atoms with Crippen LogP contribution in [0.5, 0.6) is 0 Å². The number of hydrogen-bond acceptors (Lipinski definition) is 3. The largest absolute Gasteiger partial charge is 0.383 e. The van der Waals surface area contributed by atoms with E-state index in [0.717, 1.165) is 27.7 Å². The number of halogens is 1. The van der Waals surface area contributed by atoms with Crippen molar-refractivity contribution in [1.82, 2.24) is 9.97 Å². The Kier molecular flexibility index (Phi) is 2.63. The molecule has 14 heavy (non-hydrogen) atoms. The Labute approximate surface area is 90.7 Å². The van der Waals surface area contributed by atoms with E-state index in [2.05, 4.69) is 38.1 Å². The topological polar surface area (TPSA) is 37.8 Å². The van der Waals surface area contributed by atoms with E-state index in [0.29, 0.717) is 0 Å². The number of aromatic nitrogens is 2. The lowest BCUT2D eigenvalue weighted by Crippen LogP contribution is -1.98. The minimum atomic E-state index is 0.886. The molecule has 0 fully saturated rings. The SMILES string of the molecule is CCNc1ccnc2cc(Br)cnc12. The second-order valence-electron chi connectivity index (χ2n) is 2.91. The first-order valence-electron chi connectivity index (χ1n) is 4.45. The van der Waals surface area contributed by atoms with E-state index in [1.165, 1.54) is 0 Å². The molecule has 1 N–H and O–H groups in total. The zero-order valence-electron chi connectivity index (χ0n) is 7.79. The Hall–Kier alpha value is -1.16. The Morgan fingerprint density at radius 3 is 3.07 bits per heavy atom. The third-order valence-corrected chi connectivity index (χ3v) is 2.35. The highest BCUT2D eigenvalue weighted by atomic mass is 79.9. The molecule has 0 aliphatic heterocycles. The molecule has 2 heterocycles. The van der Waals surface area contributed by atoms with Crippen molar-refractivity contribution < 1.29 is 0 Å². The van der Waals surface area contributed by atoms with Gasteiger partial charge in [-0.25, -0.2) is 0 Å². The van der Waals surface area contributed by atoms with Crippen LogP contribution in [-0.4, -0.2) is 16.5 Å². The Balaban J connectivity index is 2.62. The van der Waals surface area contributed by atoms with Gasteiger partial charge in [-0.1, -0.05) is 0 Å². The van der Waals surface area contributed by atoms with Gasteiger partial charge in [0.25, 0.3) is 0 Å². The van der Waals surface area contributed by atoms with E-state index in [-0.39, 0.29) is 0 Å². The molecule has 2 aromatic heterocycles. The molecule has 0 saturated carbocycles. The van der Waals surface area contributed by atoms with Crippen molar-refractivity contribution in [2.24, 2.45) is 0 Å². The molecule has 0 atom stereocenters. The zero-order valence-corrected chi connectivity index (χ0v) is 9.37. The van der Waals surface area contributed by atoms with Gasteiger partial charge in [-0.2, -0.15) is 0 Å². The van der Waals surface area contributed by atoms with Crippen LogP contribution in [0.25, 0.3) is 11.0 Å². The molecule has 0 saturated heterocycles. The molecule has 2 aromatic rings. The van der Waals surface area contributed by atoms with Crippen LogP contribution in [0.2, 0.25) is 0 Å². The summed E-state index contributed by atoms with van der Waals surface area (Å²) >= 11 is 3.37. The van der Waals surface area contributed by atoms with Crippen molar-refractivity contribution in [3.63, 3.8) is 0 Å². The minimum absolute atomic E-state index is 0.886. The zero-order chi connectivity index (χ0) is 9.97. The van der Waals surface area contributed by atoms with Crippen LogP contribution in [0.1, 0.15) is 6.92 Å². The van der Waals surface area contributed by atoms with Crippen molar-refractivity contribution in [2.75, 3.05) is 11.9 Å². The normalized spacial score (nSPS) is 10.4. The van der Waals surface area contributed by atoms with Crippen molar-refractivity contribution in [3.8, 4) is 0 Å². The summed E-state index contributed by atoms with van der Waals surface area (Å²) in [4.78, 5) is 8.58. The number of hydrogen-bond donors (Lipinski definition) is 1. The molecule has 0 bridgehead atoms. The minimum Gasteiger partial charge on any atom is -0.383 e. The van der Waals surface area contributed by atoms with Gasteiger partial charge in [-0.15, -0.1) is 0 Å². The molecule has 0 aliphatic rings. The number of anilines is 1. The summed E-state index contributed by atoms with van der Waals surface area (Å²) in [5, 5.41) is 3.25. The molecular weight excluding hydrogens is 242 g/mol. The monoisotopic (exact) mass is 251 g/mol.